The van der Waals surface area contributed by atoms with Gasteiger partial charge in [0.15, 0.2) is 5.13 Å². The van der Waals surface area contributed by atoms with Crippen molar-refractivity contribution in [2.24, 2.45) is 0 Å². The molecule has 0 spiro atoms. The lowest BCUT2D eigenvalue weighted by Crippen LogP contribution is -2.35. The average Bonchev–Trinajstić information content (AvgIpc) is 2.88. The number of fused-ring (bicyclic) bond motifs is 1. The van der Waals surface area contributed by atoms with Gasteiger partial charge >= 0.3 is 5.97 Å². The van der Waals surface area contributed by atoms with E-state index >= 15 is 0 Å². The highest BCUT2D eigenvalue weighted by Gasteiger charge is 2.15. The van der Waals surface area contributed by atoms with Gasteiger partial charge in [-0.15, -0.1) is 0 Å². The topological polar surface area (TPSA) is 63.2 Å². The van der Waals surface area contributed by atoms with Crippen molar-refractivity contribution < 1.29 is 9.53 Å². The molecule has 5 nitrogen and oxygen atoms in total. The van der Waals surface area contributed by atoms with Crippen LogP contribution in [0.5, 0.6) is 0 Å². The van der Waals surface area contributed by atoms with Crippen LogP contribution in [0.3, 0.4) is 0 Å². The van der Waals surface area contributed by atoms with Crippen molar-refractivity contribution in [2.45, 2.75) is 18.9 Å². The number of anilines is 1. The molecule has 106 valence electrons. The second-order valence-electron chi connectivity index (χ2n) is 4.86. The fourth-order valence-electron chi connectivity index (χ4n) is 2.37. The monoisotopic (exact) mass is 291 g/mol. The van der Waals surface area contributed by atoms with E-state index in [0.717, 1.165) is 41.3 Å². The van der Waals surface area contributed by atoms with Crippen molar-refractivity contribution >= 4 is 32.7 Å². The van der Waals surface area contributed by atoms with Crippen molar-refractivity contribution in [2.75, 3.05) is 25.5 Å². The molecule has 2 aromatic rings. The van der Waals surface area contributed by atoms with Crippen LogP contribution in [0.15, 0.2) is 18.2 Å². The van der Waals surface area contributed by atoms with Crippen molar-refractivity contribution in [3.8, 4) is 0 Å². The first-order chi connectivity index (χ1) is 9.76. The fraction of sp³-hybridized carbons (Fsp3) is 0.429. The van der Waals surface area contributed by atoms with Gasteiger partial charge in [-0.25, -0.2) is 9.78 Å². The summed E-state index contributed by atoms with van der Waals surface area (Å²) in [5.41, 5.74) is 1.48. The van der Waals surface area contributed by atoms with Gasteiger partial charge in [0.25, 0.3) is 0 Å². The van der Waals surface area contributed by atoms with Gasteiger partial charge < -0.3 is 15.4 Å². The Bertz CT molecular complexity index is 620. The van der Waals surface area contributed by atoms with Crippen LogP contribution >= 0.6 is 11.3 Å². The number of carbonyl (C=O) groups is 1. The van der Waals surface area contributed by atoms with Crippen LogP contribution in [0, 0.1) is 0 Å². The van der Waals surface area contributed by atoms with Crippen molar-refractivity contribution in [1.82, 2.24) is 10.3 Å². The average molecular weight is 291 g/mol. The summed E-state index contributed by atoms with van der Waals surface area (Å²) in [6, 6.07) is 5.94. The summed E-state index contributed by atoms with van der Waals surface area (Å²) in [4.78, 5) is 16.1. The Labute approximate surface area is 121 Å². The molecular formula is C14H17N3O2S. The third kappa shape index (κ3) is 2.76. The molecule has 1 fully saturated rings. The normalized spacial score (nSPS) is 16.2. The first-order valence-electron chi connectivity index (χ1n) is 6.72. The molecule has 0 bridgehead atoms. The summed E-state index contributed by atoms with van der Waals surface area (Å²) in [5, 5.41) is 7.75. The second-order valence-corrected chi connectivity index (χ2v) is 5.89. The molecule has 0 atom stereocenters. The number of hydrogen-bond donors (Lipinski definition) is 2. The van der Waals surface area contributed by atoms with E-state index in [1.54, 1.807) is 17.4 Å². The number of benzene rings is 1. The molecule has 1 saturated heterocycles. The number of carbonyl (C=O) groups excluding carboxylic acids is 1. The zero-order valence-corrected chi connectivity index (χ0v) is 12.1. The van der Waals surface area contributed by atoms with Crippen LogP contribution in [0.1, 0.15) is 23.2 Å². The zero-order valence-electron chi connectivity index (χ0n) is 11.3. The SMILES string of the molecule is COC(=O)c1ccc2nc(NC3CCNCC3)sc2c1. The van der Waals surface area contributed by atoms with E-state index in [1.165, 1.54) is 7.11 Å². The maximum Gasteiger partial charge on any atom is 0.337 e. The number of nitrogens with one attached hydrogen (secondary N) is 2. The van der Waals surface area contributed by atoms with E-state index < -0.39 is 0 Å². The Balaban J connectivity index is 1.81. The lowest BCUT2D eigenvalue weighted by molar-refractivity contribution is 0.0601. The lowest BCUT2D eigenvalue weighted by atomic mass is 10.1. The largest absolute Gasteiger partial charge is 0.465 e. The summed E-state index contributed by atoms with van der Waals surface area (Å²) >= 11 is 1.58. The van der Waals surface area contributed by atoms with E-state index in [4.69, 9.17) is 4.74 Å². The number of nitrogens with zero attached hydrogens (tertiary/aromatic N) is 1. The molecule has 0 radical (unpaired) electrons. The minimum atomic E-state index is -0.312. The van der Waals surface area contributed by atoms with Crippen LogP contribution in [0.2, 0.25) is 0 Å². The van der Waals surface area contributed by atoms with Gasteiger partial charge in [-0.3, -0.25) is 0 Å². The minimum Gasteiger partial charge on any atom is -0.465 e. The highest BCUT2D eigenvalue weighted by atomic mass is 32.1. The van der Waals surface area contributed by atoms with Gasteiger partial charge in [0.1, 0.15) is 0 Å². The predicted octanol–water partition coefficient (Wildman–Crippen LogP) is 2.25. The van der Waals surface area contributed by atoms with Crippen LogP contribution in [-0.2, 0) is 4.74 Å². The van der Waals surface area contributed by atoms with E-state index in [2.05, 4.69) is 15.6 Å². The Kier molecular flexibility index (Phi) is 3.84. The number of methoxy groups -OCH3 is 1. The van der Waals surface area contributed by atoms with E-state index in [-0.39, 0.29) is 5.97 Å². The molecule has 1 aliphatic rings. The lowest BCUT2D eigenvalue weighted by Gasteiger charge is -2.23. The van der Waals surface area contributed by atoms with Gasteiger partial charge in [0.05, 0.1) is 22.9 Å². The molecule has 1 aliphatic heterocycles. The van der Waals surface area contributed by atoms with Crippen LogP contribution in [0.25, 0.3) is 10.2 Å². The Morgan fingerprint density at radius 1 is 1.45 bits per heavy atom. The quantitative estimate of drug-likeness (QED) is 0.849. The highest BCUT2D eigenvalue weighted by Crippen LogP contribution is 2.28. The molecule has 0 saturated carbocycles. The number of piperidine rings is 1. The molecule has 0 amide bonds. The van der Waals surface area contributed by atoms with Gasteiger partial charge in [-0.1, -0.05) is 11.3 Å². The first kappa shape index (κ1) is 13.3. The van der Waals surface area contributed by atoms with Crippen molar-refractivity contribution in [3.05, 3.63) is 23.8 Å². The maximum atomic E-state index is 11.5. The maximum absolute atomic E-state index is 11.5. The smallest absolute Gasteiger partial charge is 0.337 e. The third-order valence-electron chi connectivity index (χ3n) is 3.48. The molecule has 1 aromatic carbocycles. The standard InChI is InChI=1S/C14H17N3O2S/c1-19-13(18)9-2-3-11-12(8-9)20-14(17-11)16-10-4-6-15-7-5-10/h2-3,8,10,15H,4-7H2,1H3,(H,16,17). The molecule has 20 heavy (non-hydrogen) atoms. The molecule has 2 N–H and O–H groups in total. The van der Waals surface area contributed by atoms with E-state index in [0.29, 0.717) is 11.6 Å². The summed E-state index contributed by atoms with van der Waals surface area (Å²) in [7, 11) is 1.39. The number of hydrogen-bond acceptors (Lipinski definition) is 6. The van der Waals surface area contributed by atoms with Crippen LogP contribution < -0.4 is 10.6 Å². The molecule has 0 aliphatic carbocycles. The Hall–Kier alpha value is -1.66. The number of aromatic nitrogens is 1. The highest BCUT2D eigenvalue weighted by molar-refractivity contribution is 7.22. The second kappa shape index (κ2) is 5.76. The predicted molar refractivity (Wildman–Crippen MR) is 80.5 cm³/mol. The molecular weight excluding hydrogens is 274 g/mol. The molecule has 2 heterocycles. The number of thiazole rings is 1. The van der Waals surface area contributed by atoms with E-state index in [9.17, 15) is 4.79 Å². The number of rotatable bonds is 3. The zero-order chi connectivity index (χ0) is 13.9. The van der Waals surface area contributed by atoms with Crippen LogP contribution in [0.4, 0.5) is 5.13 Å². The summed E-state index contributed by atoms with van der Waals surface area (Å²) in [6.07, 6.45) is 2.23. The van der Waals surface area contributed by atoms with Gasteiger partial charge in [0.2, 0.25) is 0 Å². The molecule has 1 aromatic heterocycles. The minimum absolute atomic E-state index is 0.312. The molecule has 0 unspecified atom stereocenters. The van der Waals surface area contributed by atoms with Crippen molar-refractivity contribution in [1.29, 1.82) is 0 Å². The van der Waals surface area contributed by atoms with E-state index in [1.807, 2.05) is 12.1 Å². The molecule has 6 heteroatoms. The first-order valence-corrected chi connectivity index (χ1v) is 7.54. The number of esters is 1. The van der Waals surface area contributed by atoms with Crippen molar-refractivity contribution in [3.63, 3.8) is 0 Å². The fourth-order valence-corrected chi connectivity index (χ4v) is 3.35. The summed E-state index contributed by atoms with van der Waals surface area (Å²) < 4.78 is 5.74. The van der Waals surface area contributed by atoms with Crippen LogP contribution in [-0.4, -0.2) is 37.2 Å². The Morgan fingerprint density at radius 2 is 2.25 bits per heavy atom. The summed E-state index contributed by atoms with van der Waals surface area (Å²) in [6.45, 7) is 2.10. The Morgan fingerprint density at radius 3 is 3.00 bits per heavy atom. The molecule has 3 rings (SSSR count). The summed E-state index contributed by atoms with van der Waals surface area (Å²) in [5.74, 6) is -0.312. The third-order valence-corrected chi connectivity index (χ3v) is 4.43. The van der Waals surface area contributed by atoms with Gasteiger partial charge in [0, 0.05) is 6.04 Å². The van der Waals surface area contributed by atoms with Gasteiger partial charge in [-0.05, 0) is 44.1 Å². The van der Waals surface area contributed by atoms with Gasteiger partial charge in [-0.2, -0.15) is 0 Å². The number of ether oxygens (including phenoxy) is 1.